The zero-order valence-corrected chi connectivity index (χ0v) is 23.1. The molecule has 0 spiro atoms. The number of ether oxygens (including phenoxy) is 1. The Morgan fingerprint density at radius 1 is 0.774 bits per heavy atom. The molecule has 0 fully saturated rings. The Bertz CT molecular complexity index is 838. The third-order valence-electron chi connectivity index (χ3n) is 5.34. The van der Waals surface area contributed by atoms with E-state index in [1.165, 1.54) is 69.9 Å². The molecule has 0 radical (unpaired) electrons. The van der Waals surface area contributed by atoms with Crippen LogP contribution in [0.5, 0.6) is 11.5 Å². The summed E-state index contributed by atoms with van der Waals surface area (Å²) < 4.78 is 40.2. The number of unbranched alkanes of at least 4 members (excludes halogenated alkanes) is 10. The predicted octanol–water partition coefficient (Wildman–Crippen LogP) is 4.24. The smallest absolute Gasteiger partial charge is 0.744 e. The fourth-order valence-corrected chi connectivity index (χ4v) is 4.12. The van der Waals surface area contributed by atoms with Crippen molar-refractivity contribution in [3.8, 4) is 11.5 Å². The summed E-state index contributed by atoms with van der Waals surface area (Å²) in [5.41, 5.74) is 0.770. The molecule has 166 valence electrons. The van der Waals surface area contributed by atoms with Gasteiger partial charge in [-0.15, -0.1) is 0 Å². The minimum absolute atomic E-state index is 0. The second-order valence-electron chi connectivity index (χ2n) is 7.92. The predicted molar refractivity (Wildman–Crippen MR) is 121 cm³/mol. The molecular formula is C25H35KO4S. The van der Waals surface area contributed by atoms with Crippen LogP contribution in [0.25, 0.3) is 0 Å². The molecule has 0 aliphatic heterocycles. The van der Waals surface area contributed by atoms with Crippen molar-refractivity contribution in [3.63, 3.8) is 0 Å². The summed E-state index contributed by atoms with van der Waals surface area (Å²) in [6.07, 6.45) is 14.5. The number of aryl methyl sites for hydroxylation is 1. The summed E-state index contributed by atoms with van der Waals surface area (Å²) >= 11 is 0. The average molecular weight is 471 g/mol. The van der Waals surface area contributed by atoms with Gasteiger partial charge >= 0.3 is 51.4 Å². The second-order valence-corrected chi connectivity index (χ2v) is 9.30. The maximum atomic E-state index is 11.4. The van der Waals surface area contributed by atoms with Gasteiger partial charge in [-0.2, -0.15) is 0 Å². The standard InChI is InChI=1S/C25H36O4S.K/c1-2-3-4-5-6-7-8-9-10-11-13-16-22-21-24(30(26,27)28)19-20-25(22)29-23-17-14-12-15-18-23;/h12,14-15,17-21H,2-11,13,16H2,1H3,(H,26,27,28);/q;+1/p-1. The third-order valence-corrected chi connectivity index (χ3v) is 6.17. The quantitative estimate of drug-likeness (QED) is 0.222. The van der Waals surface area contributed by atoms with Crippen LogP contribution < -0.4 is 56.1 Å². The van der Waals surface area contributed by atoms with Gasteiger partial charge in [0.15, 0.2) is 0 Å². The molecule has 2 aromatic carbocycles. The van der Waals surface area contributed by atoms with E-state index >= 15 is 0 Å². The summed E-state index contributed by atoms with van der Waals surface area (Å²) in [6.45, 7) is 2.24. The van der Waals surface area contributed by atoms with Gasteiger partial charge in [0.1, 0.15) is 21.6 Å². The van der Waals surface area contributed by atoms with Crippen LogP contribution in [-0.2, 0) is 16.5 Å². The molecule has 2 aromatic rings. The zero-order chi connectivity index (χ0) is 21.7. The monoisotopic (exact) mass is 470 g/mol. The van der Waals surface area contributed by atoms with Gasteiger partial charge in [-0.05, 0) is 48.7 Å². The first-order chi connectivity index (χ1) is 14.5. The molecule has 0 aliphatic carbocycles. The maximum Gasteiger partial charge on any atom is 1.00 e. The summed E-state index contributed by atoms with van der Waals surface area (Å²) in [5.74, 6) is 1.30. The number of benzene rings is 2. The van der Waals surface area contributed by atoms with Gasteiger partial charge in [-0.25, -0.2) is 8.42 Å². The van der Waals surface area contributed by atoms with Gasteiger partial charge in [0.2, 0.25) is 0 Å². The first-order valence-electron chi connectivity index (χ1n) is 11.3. The zero-order valence-electron chi connectivity index (χ0n) is 19.1. The second kappa shape index (κ2) is 16.4. The maximum absolute atomic E-state index is 11.4. The number of hydrogen-bond acceptors (Lipinski definition) is 4. The van der Waals surface area contributed by atoms with E-state index in [1.807, 2.05) is 30.3 Å². The summed E-state index contributed by atoms with van der Waals surface area (Å²) in [5, 5.41) is 0. The Morgan fingerprint density at radius 3 is 1.87 bits per heavy atom. The van der Waals surface area contributed by atoms with Crippen LogP contribution in [0, 0.1) is 0 Å². The van der Waals surface area contributed by atoms with Crippen LogP contribution in [0.15, 0.2) is 53.4 Å². The third kappa shape index (κ3) is 12.0. The van der Waals surface area contributed by atoms with E-state index < -0.39 is 10.1 Å². The Labute approximate surface area is 231 Å². The van der Waals surface area contributed by atoms with Crippen LogP contribution in [-0.4, -0.2) is 13.0 Å². The van der Waals surface area contributed by atoms with Crippen molar-refractivity contribution < 1.29 is 69.1 Å². The Kier molecular flexibility index (Phi) is 15.3. The molecule has 0 unspecified atom stereocenters. The minimum Gasteiger partial charge on any atom is -0.744 e. The summed E-state index contributed by atoms with van der Waals surface area (Å²) in [4.78, 5) is -0.194. The van der Waals surface area contributed by atoms with E-state index in [0.717, 1.165) is 18.4 Å². The summed E-state index contributed by atoms with van der Waals surface area (Å²) in [7, 11) is -4.47. The molecule has 6 heteroatoms. The van der Waals surface area contributed by atoms with Gasteiger partial charge in [0.25, 0.3) is 0 Å². The van der Waals surface area contributed by atoms with E-state index in [9.17, 15) is 13.0 Å². The molecule has 0 N–H and O–H groups in total. The van der Waals surface area contributed by atoms with Gasteiger partial charge in [0.05, 0.1) is 4.90 Å². The fourth-order valence-electron chi connectivity index (χ4n) is 3.60. The van der Waals surface area contributed by atoms with E-state index in [2.05, 4.69) is 6.92 Å². The van der Waals surface area contributed by atoms with Crippen molar-refractivity contribution in [2.75, 3.05) is 0 Å². The Morgan fingerprint density at radius 2 is 1.32 bits per heavy atom. The SMILES string of the molecule is CCCCCCCCCCCCCc1cc(S(=O)(=O)[O-])ccc1Oc1ccccc1.[K+]. The molecule has 0 amide bonds. The van der Waals surface area contributed by atoms with E-state index in [0.29, 0.717) is 17.9 Å². The normalized spacial score (nSPS) is 11.2. The van der Waals surface area contributed by atoms with Gasteiger partial charge in [0, 0.05) is 0 Å². The average Bonchev–Trinajstić information content (AvgIpc) is 2.73. The van der Waals surface area contributed by atoms with Crippen LogP contribution in [0.1, 0.15) is 83.1 Å². The molecule has 0 aliphatic rings. The van der Waals surface area contributed by atoms with Crippen molar-refractivity contribution in [3.05, 3.63) is 54.1 Å². The van der Waals surface area contributed by atoms with E-state index in [1.54, 1.807) is 6.07 Å². The van der Waals surface area contributed by atoms with Crippen molar-refractivity contribution in [1.29, 1.82) is 0 Å². The minimum atomic E-state index is -4.47. The van der Waals surface area contributed by atoms with Gasteiger partial charge in [-0.1, -0.05) is 89.3 Å². The molecule has 0 bridgehead atoms. The first-order valence-corrected chi connectivity index (χ1v) is 12.7. The van der Waals surface area contributed by atoms with Crippen LogP contribution >= 0.6 is 0 Å². The van der Waals surface area contributed by atoms with Crippen molar-refractivity contribution in [2.45, 2.75) is 88.9 Å². The molecule has 2 rings (SSSR count). The number of rotatable bonds is 15. The number of hydrogen-bond donors (Lipinski definition) is 0. The summed E-state index contributed by atoms with van der Waals surface area (Å²) in [6, 6.07) is 13.8. The molecular weight excluding hydrogens is 435 g/mol. The first kappa shape index (κ1) is 28.8. The van der Waals surface area contributed by atoms with E-state index in [4.69, 9.17) is 4.74 Å². The molecule has 0 heterocycles. The van der Waals surface area contributed by atoms with Crippen molar-refractivity contribution in [1.82, 2.24) is 0 Å². The molecule has 0 atom stereocenters. The Hall–Kier alpha value is -0.214. The van der Waals surface area contributed by atoms with Crippen LogP contribution in [0.2, 0.25) is 0 Å². The largest absolute Gasteiger partial charge is 1.00 e. The van der Waals surface area contributed by atoms with Crippen LogP contribution in [0.4, 0.5) is 0 Å². The molecule has 0 saturated heterocycles. The molecule has 4 nitrogen and oxygen atoms in total. The van der Waals surface area contributed by atoms with Gasteiger partial charge < -0.3 is 9.29 Å². The molecule has 0 saturated carbocycles. The fraction of sp³-hybridized carbons (Fsp3) is 0.520. The van der Waals surface area contributed by atoms with Crippen LogP contribution in [0.3, 0.4) is 0 Å². The topological polar surface area (TPSA) is 66.4 Å². The van der Waals surface area contributed by atoms with E-state index in [-0.39, 0.29) is 56.3 Å². The molecule has 31 heavy (non-hydrogen) atoms. The van der Waals surface area contributed by atoms with Crippen molar-refractivity contribution in [2.24, 2.45) is 0 Å². The molecule has 0 aromatic heterocycles. The van der Waals surface area contributed by atoms with Crippen molar-refractivity contribution >= 4 is 10.1 Å². The number of para-hydroxylation sites is 1. The Balaban J connectivity index is 0.00000480. The van der Waals surface area contributed by atoms with Gasteiger partial charge in [-0.3, -0.25) is 0 Å².